The number of likely N-dealkylation sites (N-methyl/N-ethyl adjacent to an activating group) is 1. The number of hydrogen-bond donors (Lipinski definition) is 1. The van der Waals surface area contributed by atoms with Gasteiger partial charge in [0.2, 0.25) is 0 Å². The van der Waals surface area contributed by atoms with E-state index in [-0.39, 0.29) is 5.54 Å². The predicted molar refractivity (Wildman–Crippen MR) is 73.8 cm³/mol. The molecular formula is C15H23NO2. The molecule has 3 nitrogen and oxygen atoms in total. The van der Waals surface area contributed by atoms with Crippen LogP contribution in [0.2, 0.25) is 0 Å². The molecule has 1 rings (SSSR count). The summed E-state index contributed by atoms with van der Waals surface area (Å²) in [6.45, 7) is 6.92. The molecule has 0 fully saturated rings. The number of carbonyl (C=O) groups is 1. The smallest absolute Gasteiger partial charge is 0.312 e. The van der Waals surface area contributed by atoms with Crippen LogP contribution in [0, 0.1) is 0 Å². The fraction of sp³-hybridized carbons (Fsp3) is 0.533. The summed E-state index contributed by atoms with van der Waals surface area (Å²) in [5.74, 6) is -1.23. The van der Waals surface area contributed by atoms with Crippen LogP contribution in [0.5, 0.6) is 0 Å². The van der Waals surface area contributed by atoms with Crippen molar-refractivity contribution in [3.63, 3.8) is 0 Å². The van der Waals surface area contributed by atoms with Crippen molar-refractivity contribution < 1.29 is 9.90 Å². The van der Waals surface area contributed by atoms with Crippen LogP contribution in [-0.4, -0.2) is 35.1 Å². The lowest BCUT2D eigenvalue weighted by atomic mass is 9.94. The van der Waals surface area contributed by atoms with Crippen LogP contribution >= 0.6 is 0 Å². The van der Waals surface area contributed by atoms with Gasteiger partial charge in [0, 0.05) is 12.1 Å². The summed E-state index contributed by atoms with van der Waals surface area (Å²) in [5.41, 5.74) is 0.881. The van der Waals surface area contributed by atoms with E-state index in [2.05, 4.69) is 25.7 Å². The van der Waals surface area contributed by atoms with Gasteiger partial charge in [-0.25, -0.2) is 0 Å². The molecule has 0 bridgehead atoms. The van der Waals surface area contributed by atoms with E-state index in [1.807, 2.05) is 37.4 Å². The summed E-state index contributed by atoms with van der Waals surface area (Å²) in [5, 5.41) is 9.39. The fourth-order valence-electron chi connectivity index (χ4n) is 1.80. The Morgan fingerprint density at radius 1 is 1.33 bits per heavy atom. The number of carboxylic acid groups (broad SMARTS) is 1. The Morgan fingerprint density at radius 2 is 1.89 bits per heavy atom. The van der Waals surface area contributed by atoms with Crippen LogP contribution in [0.15, 0.2) is 30.3 Å². The molecule has 1 unspecified atom stereocenters. The third kappa shape index (κ3) is 3.57. The number of benzene rings is 1. The molecule has 100 valence electrons. The summed E-state index contributed by atoms with van der Waals surface area (Å²) in [6.07, 6.45) is 0.991. The van der Waals surface area contributed by atoms with Crippen LogP contribution in [0.3, 0.4) is 0 Å². The Hall–Kier alpha value is -1.35. The fourth-order valence-corrected chi connectivity index (χ4v) is 1.80. The minimum absolute atomic E-state index is 0.0163. The molecule has 0 radical (unpaired) electrons. The molecule has 1 atom stereocenters. The van der Waals surface area contributed by atoms with Gasteiger partial charge >= 0.3 is 5.97 Å². The zero-order valence-electron chi connectivity index (χ0n) is 11.7. The number of carboxylic acids is 1. The summed E-state index contributed by atoms with van der Waals surface area (Å²) in [4.78, 5) is 13.5. The minimum Gasteiger partial charge on any atom is -0.481 e. The third-order valence-corrected chi connectivity index (χ3v) is 3.86. The highest BCUT2D eigenvalue weighted by Gasteiger charge is 2.28. The van der Waals surface area contributed by atoms with Gasteiger partial charge in [0.1, 0.15) is 0 Å². The van der Waals surface area contributed by atoms with E-state index in [4.69, 9.17) is 0 Å². The molecule has 0 amide bonds. The minimum atomic E-state index is -0.764. The maximum atomic E-state index is 11.4. The number of hydrogen-bond acceptors (Lipinski definition) is 2. The summed E-state index contributed by atoms with van der Waals surface area (Å²) < 4.78 is 0. The lowest BCUT2D eigenvalue weighted by Gasteiger charge is -2.36. The van der Waals surface area contributed by atoms with E-state index in [1.54, 1.807) is 0 Å². The van der Waals surface area contributed by atoms with Crippen molar-refractivity contribution in [1.82, 2.24) is 4.90 Å². The van der Waals surface area contributed by atoms with E-state index in [0.29, 0.717) is 6.54 Å². The van der Waals surface area contributed by atoms with E-state index in [1.165, 1.54) is 0 Å². The van der Waals surface area contributed by atoms with Crippen molar-refractivity contribution in [2.45, 2.75) is 38.6 Å². The molecule has 0 aromatic heterocycles. The first-order chi connectivity index (χ1) is 8.38. The van der Waals surface area contributed by atoms with Crippen LogP contribution in [0.4, 0.5) is 0 Å². The van der Waals surface area contributed by atoms with Gasteiger partial charge in [-0.3, -0.25) is 4.79 Å². The molecule has 0 spiro atoms. The maximum Gasteiger partial charge on any atom is 0.312 e. The van der Waals surface area contributed by atoms with Gasteiger partial charge in [-0.15, -0.1) is 0 Å². The van der Waals surface area contributed by atoms with Gasteiger partial charge in [0.05, 0.1) is 5.92 Å². The molecule has 18 heavy (non-hydrogen) atoms. The van der Waals surface area contributed by atoms with Crippen LogP contribution in [0.25, 0.3) is 0 Å². The second-order valence-electron chi connectivity index (χ2n) is 5.35. The van der Waals surface area contributed by atoms with E-state index in [9.17, 15) is 9.90 Å². The highest BCUT2D eigenvalue weighted by atomic mass is 16.4. The van der Waals surface area contributed by atoms with Gasteiger partial charge in [-0.1, -0.05) is 37.3 Å². The quantitative estimate of drug-likeness (QED) is 0.842. The van der Waals surface area contributed by atoms with E-state index < -0.39 is 11.9 Å². The largest absolute Gasteiger partial charge is 0.481 e. The first-order valence-corrected chi connectivity index (χ1v) is 6.37. The molecule has 1 N–H and O–H groups in total. The number of nitrogens with zero attached hydrogens (tertiary/aromatic N) is 1. The standard InChI is InChI=1S/C15H23NO2/c1-5-15(2,3)16(4)11-13(14(17)18)12-9-7-6-8-10-12/h6-10,13H,5,11H2,1-4H3,(H,17,18). The Kier molecular flexibility index (Phi) is 4.91. The summed E-state index contributed by atoms with van der Waals surface area (Å²) in [6, 6.07) is 9.44. The van der Waals surface area contributed by atoms with Gasteiger partial charge in [-0.05, 0) is 32.9 Å². The monoisotopic (exact) mass is 249 g/mol. The second-order valence-corrected chi connectivity index (χ2v) is 5.35. The van der Waals surface area contributed by atoms with Crippen molar-refractivity contribution in [1.29, 1.82) is 0 Å². The van der Waals surface area contributed by atoms with Gasteiger partial charge in [0.15, 0.2) is 0 Å². The predicted octanol–water partition coefficient (Wildman–Crippen LogP) is 2.98. The number of rotatable bonds is 6. The van der Waals surface area contributed by atoms with Crippen molar-refractivity contribution in [3.8, 4) is 0 Å². The highest BCUT2D eigenvalue weighted by Crippen LogP contribution is 2.23. The number of aliphatic carboxylic acids is 1. The molecular weight excluding hydrogens is 226 g/mol. The highest BCUT2D eigenvalue weighted by molar-refractivity contribution is 5.76. The van der Waals surface area contributed by atoms with Crippen molar-refractivity contribution in [2.75, 3.05) is 13.6 Å². The SMILES string of the molecule is CCC(C)(C)N(C)CC(C(=O)O)c1ccccc1. The Bertz CT molecular complexity index is 387. The lowest BCUT2D eigenvalue weighted by molar-refractivity contribution is -0.139. The van der Waals surface area contributed by atoms with Gasteiger partial charge in [-0.2, -0.15) is 0 Å². The Morgan fingerprint density at radius 3 is 2.33 bits per heavy atom. The Balaban J connectivity index is 2.86. The zero-order valence-corrected chi connectivity index (χ0v) is 11.7. The van der Waals surface area contributed by atoms with Crippen LogP contribution in [-0.2, 0) is 4.79 Å². The average Bonchev–Trinajstić information content (AvgIpc) is 2.36. The zero-order chi connectivity index (χ0) is 13.8. The first-order valence-electron chi connectivity index (χ1n) is 6.37. The van der Waals surface area contributed by atoms with E-state index in [0.717, 1.165) is 12.0 Å². The van der Waals surface area contributed by atoms with Crippen molar-refractivity contribution in [3.05, 3.63) is 35.9 Å². The molecule has 0 saturated heterocycles. The molecule has 0 heterocycles. The van der Waals surface area contributed by atoms with Crippen molar-refractivity contribution >= 4 is 5.97 Å². The second kappa shape index (κ2) is 6.01. The molecule has 1 aromatic rings. The Labute approximate surface area is 109 Å². The molecule has 1 aromatic carbocycles. The molecule has 0 aliphatic carbocycles. The van der Waals surface area contributed by atoms with Gasteiger partial charge < -0.3 is 10.0 Å². The topological polar surface area (TPSA) is 40.5 Å². The molecule has 0 aliphatic rings. The van der Waals surface area contributed by atoms with Crippen LogP contribution in [0.1, 0.15) is 38.7 Å². The average molecular weight is 249 g/mol. The maximum absolute atomic E-state index is 11.4. The lowest BCUT2D eigenvalue weighted by Crippen LogP contribution is -2.43. The van der Waals surface area contributed by atoms with Crippen molar-refractivity contribution in [2.24, 2.45) is 0 Å². The van der Waals surface area contributed by atoms with Gasteiger partial charge in [0.25, 0.3) is 0 Å². The molecule has 0 saturated carbocycles. The summed E-state index contributed by atoms with van der Waals surface area (Å²) in [7, 11) is 1.99. The summed E-state index contributed by atoms with van der Waals surface area (Å²) >= 11 is 0. The third-order valence-electron chi connectivity index (χ3n) is 3.86. The van der Waals surface area contributed by atoms with Crippen LogP contribution < -0.4 is 0 Å². The molecule has 0 aliphatic heterocycles. The normalized spacial score (nSPS) is 13.6. The first kappa shape index (κ1) is 14.7. The molecule has 3 heteroatoms. The van der Waals surface area contributed by atoms with E-state index >= 15 is 0 Å².